The highest BCUT2D eigenvalue weighted by atomic mass is 35.5. The van der Waals surface area contributed by atoms with Gasteiger partial charge in [0.05, 0.1) is 11.8 Å². The van der Waals surface area contributed by atoms with E-state index in [1.807, 2.05) is 0 Å². The summed E-state index contributed by atoms with van der Waals surface area (Å²) in [5, 5.41) is 0.227. The van der Waals surface area contributed by atoms with Crippen LogP contribution in [0.4, 0.5) is 13.2 Å². The SMILES string of the molecule is FC(F)(F)c1ccc(Cl)c(-c2[c]occ2)c1. The van der Waals surface area contributed by atoms with Crippen molar-refractivity contribution >= 4 is 11.6 Å². The van der Waals surface area contributed by atoms with Gasteiger partial charge < -0.3 is 4.42 Å². The molecule has 0 aliphatic carbocycles. The van der Waals surface area contributed by atoms with Gasteiger partial charge in [-0.3, -0.25) is 0 Å². The highest BCUT2D eigenvalue weighted by molar-refractivity contribution is 6.33. The van der Waals surface area contributed by atoms with Gasteiger partial charge in [-0.1, -0.05) is 11.6 Å². The molecule has 1 nitrogen and oxygen atoms in total. The quantitative estimate of drug-likeness (QED) is 0.725. The van der Waals surface area contributed by atoms with E-state index in [-0.39, 0.29) is 10.6 Å². The van der Waals surface area contributed by atoms with Crippen molar-refractivity contribution in [2.45, 2.75) is 6.18 Å². The van der Waals surface area contributed by atoms with Crippen LogP contribution in [0.25, 0.3) is 11.1 Å². The molecule has 0 fully saturated rings. The van der Waals surface area contributed by atoms with E-state index in [0.29, 0.717) is 5.56 Å². The first kappa shape index (κ1) is 11.1. The Kier molecular flexibility index (Phi) is 2.68. The first-order valence-corrected chi connectivity index (χ1v) is 4.68. The third kappa shape index (κ3) is 2.07. The van der Waals surface area contributed by atoms with Gasteiger partial charge in [-0.05, 0) is 24.3 Å². The minimum atomic E-state index is -4.39. The summed E-state index contributed by atoms with van der Waals surface area (Å²) in [6.45, 7) is 0. The zero-order valence-corrected chi connectivity index (χ0v) is 8.56. The number of halogens is 4. The Morgan fingerprint density at radius 1 is 1.19 bits per heavy atom. The van der Waals surface area contributed by atoms with Crippen molar-refractivity contribution in [2.24, 2.45) is 0 Å². The lowest BCUT2D eigenvalue weighted by molar-refractivity contribution is -0.137. The van der Waals surface area contributed by atoms with E-state index in [9.17, 15) is 13.2 Å². The van der Waals surface area contributed by atoms with E-state index in [1.165, 1.54) is 18.4 Å². The van der Waals surface area contributed by atoms with Crippen LogP contribution in [0.2, 0.25) is 5.02 Å². The van der Waals surface area contributed by atoms with Gasteiger partial charge in [0.25, 0.3) is 0 Å². The van der Waals surface area contributed by atoms with Gasteiger partial charge >= 0.3 is 6.18 Å². The van der Waals surface area contributed by atoms with Gasteiger partial charge in [0.15, 0.2) is 6.26 Å². The fraction of sp³-hybridized carbons (Fsp3) is 0.0909. The second kappa shape index (κ2) is 3.87. The smallest absolute Gasteiger partial charge is 0.416 e. The zero-order valence-electron chi connectivity index (χ0n) is 7.81. The normalized spacial score (nSPS) is 11.8. The molecular formula is C11H5ClF3O. The van der Waals surface area contributed by atoms with Crippen LogP contribution in [-0.4, -0.2) is 0 Å². The average molecular weight is 246 g/mol. The molecule has 0 bridgehead atoms. The Morgan fingerprint density at radius 3 is 2.50 bits per heavy atom. The molecule has 0 unspecified atom stereocenters. The predicted octanol–water partition coefficient (Wildman–Crippen LogP) is 4.42. The molecule has 2 aromatic rings. The van der Waals surface area contributed by atoms with Crippen LogP contribution in [-0.2, 0) is 6.18 Å². The summed E-state index contributed by atoms with van der Waals surface area (Å²) in [6, 6.07) is 4.62. The van der Waals surface area contributed by atoms with Gasteiger partial charge in [-0.25, -0.2) is 0 Å². The third-order valence-electron chi connectivity index (χ3n) is 2.06. The summed E-state index contributed by atoms with van der Waals surface area (Å²) >= 11 is 5.81. The van der Waals surface area contributed by atoms with Crippen LogP contribution in [0.15, 0.2) is 34.9 Å². The molecule has 0 N–H and O–H groups in total. The molecular weight excluding hydrogens is 241 g/mol. The molecule has 1 heterocycles. The van der Waals surface area contributed by atoms with Crippen LogP contribution in [0.5, 0.6) is 0 Å². The van der Waals surface area contributed by atoms with Crippen molar-refractivity contribution in [2.75, 3.05) is 0 Å². The molecule has 1 radical (unpaired) electrons. The van der Waals surface area contributed by atoms with Crippen LogP contribution >= 0.6 is 11.6 Å². The van der Waals surface area contributed by atoms with Gasteiger partial charge in [0, 0.05) is 16.1 Å². The monoisotopic (exact) mass is 245 g/mol. The fourth-order valence-corrected chi connectivity index (χ4v) is 1.51. The molecule has 0 amide bonds. The molecule has 1 aromatic heterocycles. The van der Waals surface area contributed by atoms with E-state index in [4.69, 9.17) is 11.6 Å². The standard InChI is InChI=1S/C11H5ClF3O/c12-10-2-1-8(11(13,14)15)5-9(10)7-3-4-16-6-7/h1-5H. The first-order chi connectivity index (χ1) is 7.48. The van der Waals surface area contributed by atoms with Gasteiger partial charge in [0.2, 0.25) is 0 Å². The van der Waals surface area contributed by atoms with Gasteiger partial charge in [-0.2, -0.15) is 13.2 Å². The van der Waals surface area contributed by atoms with E-state index in [1.54, 1.807) is 0 Å². The lowest BCUT2D eigenvalue weighted by Crippen LogP contribution is -2.04. The number of benzene rings is 1. The van der Waals surface area contributed by atoms with Crippen molar-refractivity contribution < 1.29 is 17.6 Å². The predicted molar refractivity (Wildman–Crippen MR) is 53.0 cm³/mol. The van der Waals surface area contributed by atoms with E-state index in [2.05, 4.69) is 10.7 Å². The van der Waals surface area contributed by atoms with E-state index in [0.717, 1.165) is 12.1 Å². The minimum Gasteiger partial charge on any atom is -0.460 e. The molecule has 0 saturated carbocycles. The Hall–Kier alpha value is -1.42. The maximum absolute atomic E-state index is 12.5. The van der Waals surface area contributed by atoms with Gasteiger partial charge in [0.1, 0.15) is 0 Å². The van der Waals surface area contributed by atoms with Crippen LogP contribution in [0, 0.1) is 6.26 Å². The topological polar surface area (TPSA) is 13.1 Å². The second-order valence-electron chi connectivity index (χ2n) is 3.13. The molecule has 5 heteroatoms. The Morgan fingerprint density at radius 2 is 1.94 bits per heavy atom. The van der Waals surface area contributed by atoms with Crippen LogP contribution in [0.1, 0.15) is 5.56 Å². The Labute approximate surface area is 94.4 Å². The number of furan rings is 1. The lowest BCUT2D eigenvalue weighted by atomic mass is 10.1. The maximum atomic E-state index is 12.5. The van der Waals surface area contributed by atoms with Crippen molar-refractivity contribution in [3.63, 3.8) is 0 Å². The van der Waals surface area contributed by atoms with Crippen LogP contribution < -0.4 is 0 Å². The number of hydrogen-bond acceptors (Lipinski definition) is 1. The molecule has 0 aliphatic heterocycles. The number of alkyl halides is 3. The summed E-state index contributed by atoms with van der Waals surface area (Å²) in [6.07, 6.45) is -0.614. The third-order valence-corrected chi connectivity index (χ3v) is 2.39. The van der Waals surface area contributed by atoms with Crippen molar-refractivity contribution in [3.05, 3.63) is 47.4 Å². The van der Waals surface area contributed by atoms with Gasteiger partial charge in [-0.15, -0.1) is 0 Å². The fourth-order valence-electron chi connectivity index (χ4n) is 1.29. The minimum absolute atomic E-state index is 0.227. The highest BCUT2D eigenvalue weighted by Crippen LogP contribution is 2.35. The molecule has 83 valence electrons. The lowest BCUT2D eigenvalue weighted by Gasteiger charge is -2.09. The Bertz CT molecular complexity index is 488. The van der Waals surface area contributed by atoms with E-state index < -0.39 is 11.7 Å². The Balaban J connectivity index is 2.54. The second-order valence-corrected chi connectivity index (χ2v) is 3.54. The molecule has 16 heavy (non-hydrogen) atoms. The van der Waals surface area contributed by atoms with E-state index >= 15 is 0 Å². The summed E-state index contributed by atoms with van der Waals surface area (Å²) in [4.78, 5) is 0. The van der Waals surface area contributed by atoms with Crippen LogP contribution in [0.3, 0.4) is 0 Å². The summed E-state index contributed by atoms with van der Waals surface area (Å²) in [7, 11) is 0. The van der Waals surface area contributed by atoms with Crippen molar-refractivity contribution in [1.82, 2.24) is 0 Å². The molecule has 2 rings (SSSR count). The zero-order chi connectivity index (χ0) is 11.8. The largest absolute Gasteiger partial charge is 0.460 e. The summed E-state index contributed by atoms with van der Waals surface area (Å²) < 4.78 is 42.1. The highest BCUT2D eigenvalue weighted by Gasteiger charge is 2.31. The summed E-state index contributed by atoms with van der Waals surface area (Å²) in [5.74, 6) is 0. The first-order valence-electron chi connectivity index (χ1n) is 4.31. The van der Waals surface area contributed by atoms with Crippen molar-refractivity contribution in [1.29, 1.82) is 0 Å². The number of rotatable bonds is 1. The molecule has 1 aromatic carbocycles. The molecule has 0 spiro atoms. The molecule has 0 aliphatic rings. The molecule has 0 saturated heterocycles. The average Bonchev–Trinajstić information content (AvgIpc) is 2.69. The molecule has 0 atom stereocenters. The summed E-state index contributed by atoms with van der Waals surface area (Å²) in [5.41, 5.74) is -0.0946. The number of hydrogen-bond donors (Lipinski definition) is 0. The maximum Gasteiger partial charge on any atom is 0.416 e. The van der Waals surface area contributed by atoms with Crippen molar-refractivity contribution in [3.8, 4) is 11.1 Å².